The molecule has 0 saturated carbocycles. The van der Waals surface area contributed by atoms with Gasteiger partial charge in [-0.3, -0.25) is 14.7 Å². The van der Waals surface area contributed by atoms with Gasteiger partial charge in [0.2, 0.25) is 5.43 Å². The lowest BCUT2D eigenvalue weighted by Crippen LogP contribution is -2.35. The summed E-state index contributed by atoms with van der Waals surface area (Å²) in [6.07, 6.45) is 0. The lowest BCUT2D eigenvalue weighted by molar-refractivity contribution is 1.05. The molecule has 1 heterocycles. The molecule has 100 valence electrons. The van der Waals surface area contributed by atoms with Gasteiger partial charge in [0.1, 0.15) is 5.69 Å². The molecule has 0 aliphatic heterocycles. The van der Waals surface area contributed by atoms with Gasteiger partial charge in [0.15, 0.2) is 5.82 Å². The summed E-state index contributed by atoms with van der Waals surface area (Å²) >= 11 is 0. The van der Waals surface area contributed by atoms with Gasteiger partial charge in [-0.15, -0.1) is 0 Å². The van der Waals surface area contributed by atoms with E-state index in [2.05, 4.69) is 15.5 Å². The summed E-state index contributed by atoms with van der Waals surface area (Å²) in [5.74, 6) is 0.531. The fourth-order valence-corrected chi connectivity index (χ4v) is 2.12. The van der Waals surface area contributed by atoms with Crippen LogP contribution in [0.1, 0.15) is 11.3 Å². The maximum atomic E-state index is 11.8. The first kappa shape index (κ1) is 12.3. The third kappa shape index (κ3) is 1.93. The molecule has 0 amide bonds. The van der Waals surface area contributed by atoms with Crippen molar-refractivity contribution in [3.63, 3.8) is 0 Å². The number of aromatic amines is 1. The SMILES string of the molecule is Cc1ccc(-c2c(Nc3cc(C)[nH]n3)c(=O)c2=O)cc1. The number of hydrogen-bond donors (Lipinski definition) is 2. The summed E-state index contributed by atoms with van der Waals surface area (Å²) in [6, 6.07) is 9.28. The molecule has 0 spiro atoms. The second kappa shape index (κ2) is 4.45. The molecule has 0 unspecified atom stereocenters. The second-order valence-electron chi connectivity index (χ2n) is 4.84. The van der Waals surface area contributed by atoms with E-state index in [1.165, 1.54) is 0 Å². The van der Waals surface area contributed by atoms with Crippen molar-refractivity contribution >= 4 is 11.5 Å². The molecule has 3 rings (SSSR count). The normalized spacial score (nSPS) is 10.9. The number of aryl methyl sites for hydroxylation is 2. The zero-order valence-corrected chi connectivity index (χ0v) is 11.2. The van der Waals surface area contributed by atoms with Gasteiger partial charge in [-0.05, 0) is 19.4 Å². The van der Waals surface area contributed by atoms with E-state index in [1.54, 1.807) is 6.07 Å². The molecule has 0 radical (unpaired) electrons. The molecule has 0 aliphatic carbocycles. The highest BCUT2D eigenvalue weighted by Crippen LogP contribution is 2.26. The van der Waals surface area contributed by atoms with Gasteiger partial charge in [0.05, 0.1) is 5.56 Å². The van der Waals surface area contributed by atoms with E-state index in [0.717, 1.165) is 16.8 Å². The molecule has 5 heteroatoms. The smallest absolute Gasteiger partial charge is 0.250 e. The molecular weight excluding hydrogens is 254 g/mol. The Kier molecular flexibility index (Phi) is 2.75. The Morgan fingerprint density at radius 3 is 2.35 bits per heavy atom. The van der Waals surface area contributed by atoms with Crippen LogP contribution < -0.4 is 16.2 Å². The van der Waals surface area contributed by atoms with E-state index in [4.69, 9.17) is 0 Å². The number of H-pyrrole nitrogens is 1. The van der Waals surface area contributed by atoms with E-state index in [1.807, 2.05) is 38.1 Å². The first-order valence-electron chi connectivity index (χ1n) is 6.25. The van der Waals surface area contributed by atoms with Crippen molar-refractivity contribution in [1.29, 1.82) is 0 Å². The Labute approximate surface area is 115 Å². The number of rotatable bonds is 3. The Hall–Kier alpha value is -2.69. The number of hydrogen-bond acceptors (Lipinski definition) is 4. The molecule has 1 aromatic heterocycles. The van der Waals surface area contributed by atoms with Crippen LogP contribution in [0.3, 0.4) is 0 Å². The van der Waals surface area contributed by atoms with Crippen LogP contribution in [0, 0.1) is 13.8 Å². The van der Waals surface area contributed by atoms with Crippen LogP contribution in [0.25, 0.3) is 11.1 Å². The van der Waals surface area contributed by atoms with Gasteiger partial charge >= 0.3 is 0 Å². The lowest BCUT2D eigenvalue weighted by atomic mass is 9.98. The van der Waals surface area contributed by atoms with Crippen LogP contribution in [-0.4, -0.2) is 10.2 Å². The zero-order valence-electron chi connectivity index (χ0n) is 11.2. The average Bonchev–Trinajstić information content (AvgIpc) is 2.85. The lowest BCUT2D eigenvalue weighted by Gasteiger charge is -2.11. The maximum Gasteiger partial charge on any atom is 0.250 e. The second-order valence-corrected chi connectivity index (χ2v) is 4.84. The minimum atomic E-state index is -0.499. The van der Waals surface area contributed by atoms with Crippen molar-refractivity contribution in [3.05, 3.63) is 62.0 Å². The molecule has 0 aliphatic rings. The number of benzene rings is 1. The van der Waals surface area contributed by atoms with Crippen LogP contribution in [0.4, 0.5) is 11.5 Å². The molecule has 5 nitrogen and oxygen atoms in total. The Morgan fingerprint density at radius 1 is 1.05 bits per heavy atom. The van der Waals surface area contributed by atoms with Crippen molar-refractivity contribution < 1.29 is 0 Å². The molecule has 0 bridgehead atoms. The van der Waals surface area contributed by atoms with Gasteiger partial charge in [-0.1, -0.05) is 29.8 Å². The largest absolute Gasteiger partial charge is 0.335 e. The first-order valence-corrected chi connectivity index (χ1v) is 6.25. The van der Waals surface area contributed by atoms with Crippen LogP contribution >= 0.6 is 0 Å². The van der Waals surface area contributed by atoms with Crippen LogP contribution in [0.5, 0.6) is 0 Å². The quantitative estimate of drug-likeness (QED) is 0.712. The number of nitrogens with zero attached hydrogens (tertiary/aromatic N) is 1. The van der Waals surface area contributed by atoms with Gasteiger partial charge in [-0.25, -0.2) is 0 Å². The minimum Gasteiger partial charge on any atom is -0.335 e. The summed E-state index contributed by atoms with van der Waals surface area (Å²) in [5.41, 5.74) is 2.51. The molecular formula is C15H13N3O2. The third-order valence-corrected chi connectivity index (χ3v) is 3.21. The summed E-state index contributed by atoms with van der Waals surface area (Å²) in [6.45, 7) is 3.83. The van der Waals surface area contributed by atoms with Crippen molar-refractivity contribution in [3.8, 4) is 11.1 Å². The van der Waals surface area contributed by atoms with Crippen LogP contribution in [0.15, 0.2) is 39.9 Å². The van der Waals surface area contributed by atoms with Gasteiger partial charge in [0.25, 0.3) is 5.43 Å². The van der Waals surface area contributed by atoms with E-state index < -0.39 is 10.9 Å². The fourth-order valence-electron chi connectivity index (χ4n) is 2.12. The summed E-state index contributed by atoms with van der Waals surface area (Å²) in [5, 5.41) is 9.69. The average molecular weight is 267 g/mol. The summed E-state index contributed by atoms with van der Waals surface area (Å²) in [7, 11) is 0. The molecule has 2 N–H and O–H groups in total. The van der Waals surface area contributed by atoms with Crippen molar-refractivity contribution in [2.75, 3.05) is 5.32 Å². The van der Waals surface area contributed by atoms with E-state index >= 15 is 0 Å². The van der Waals surface area contributed by atoms with E-state index in [-0.39, 0.29) is 0 Å². The van der Waals surface area contributed by atoms with E-state index in [9.17, 15) is 9.59 Å². The number of nitrogens with one attached hydrogen (secondary N) is 2. The van der Waals surface area contributed by atoms with E-state index in [0.29, 0.717) is 17.1 Å². The molecule has 20 heavy (non-hydrogen) atoms. The summed E-state index contributed by atoms with van der Waals surface area (Å²) in [4.78, 5) is 23.5. The fraction of sp³-hybridized carbons (Fsp3) is 0.133. The predicted octanol–water partition coefficient (Wildman–Crippen LogP) is 2.03. The van der Waals surface area contributed by atoms with Crippen molar-refractivity contribution in [2.24, 2.45) is 0 Å². The van der Waals surface area contributed by atoms with Crippen molar-refractivity contribution in [2.45, 2.75) is 13.8 Å². The predicted molar refractivity (Wildman–Crippen MR) is 78.1 cm³/mol. The Bertz CT molecular complexity index is 837. The Balaban J connectivity index is 2.01. The van der Waals surface area contributed by atoms with Crippen LogP contribution in [-0.2, 0) is 0 Å². The molecule has 2 aromatic carbocycles. The highest BCUT2D eigenvalue weighted by Gasteiger charge is 2.22. The standard InChI is InChI=1S/C15H13N3O2/c1-8-3-5-10(6-4-8)12-13(15(20)14(12)19)16-11-7-9(2)17-18-11/h3-7H,1-2H3,(H2,16,17,18). The molecule has 0 saturated heterocycles. The topological polar surface area (TPSA) is 74.8 Å². The summed E-state index contributed by atoms with van der Waals surface area (Å²) < 4.78 is 0. The van der Waals surface area contributed by atoms with Gasteiger partial charge in [-0.2, -0.15) is 5.10 Å². The van der Waals surface area contributed by atoms with Crippen LogP contribution in [0.2, 0.25) is 0 Å². The minimum absolute atomic E-state index is 0.311. The highest BCUT2D eigenvalue weighted by molar-refractivity contribution is 5.84. The number of anilines is 2. The molecule has 0 atom stereocenters. The maximum absolute atomic E-state index is 11.8. The van der Waals surface area contributed by atoms with Gasteiger partial charge in [0, 0.05) is 11.8 Å². The monoisotopic (exact) mass is 267 g/mol. The highest BCUT2D eigenvalue weighted by atomic mass is 16.2. The Morgan fingerprint density at radius 2 is 1.75 bits per heavy atom. The first-order chi connectivity index (χ1) is 9.56. The van der Waals surface area contributed by atoms with Crippen molar-refractivity contribution in [1.82, 2.24) is 10.2 Å². The van der Waals surface area contributed by atoms with Gasteiger partial charge < -0.3 is 5.32 Å². The number of aromatic nitrogens is 2. The molecule has 0 fully saturated rings. The molecule has 3 aromatic rings. The zero-order chi connectivity index (χ0) is 14.3. The third-order valence-electron chi connectivity index (χ3n) is 3.21.